The number of ether oxygens (including phenoxy) is 1. The van der Waals surface area contributed by atoms with Gasteiger partial charge in [-0.15, -0.1) is 4.73 Å². The van der Waals surface area contributed by atoms with Crippen LogP contribution in [0.5, 0.6) is 11.8 Å². The Bertz CT molecular complexity index is 341. The number of rotatable bonds is 5. The Balaban J connectivity index is 2.57. The quantitative estimate of drug-likeness (QED) is 0.769. The SMILES string of the molecule is COCCC(C)C(=O)On1c(O)ccc1O. The highest BCUT2D eigenvalue weighted by molar-refractivity contribution is 5.72. The third-order valence-corrected chi connectivity index (χ3v) is 2.14. The monoisotopic (exact) mass is 229 g/mol. The molecule has 1 aromatic heterocycles. The molecule has 1 heterocycles. The molecule has 0 aliphatic heterocycles. The fraction of sp³-hybridized carbons (Fsp3) is 0.500. The summed E-state index contributed by atoms with van der Waals surface area (Å²) in [5.41, 5.74) is 0. The predicted octanol–water partition coefficient (Wildman–Crippen LogP) is 0.527. The fourth-order valence-corrected chi connectivity index (χ4v) is 1.09. The molecule has 1 atom stereocenters. The van der Waals surface area contributed by atoms with E-state index in [1.165, 1.54) is 12.1 Å². The van der Waals surface area contributed by atoms with Crippen LogP contribution in [0.2, 0.25) is 0 Å². The molecule has 0 aliphatic rings. The van der Waals surface area contributed by atoms with E-state index in [4.69, 9.17) is 9.57 Å². The number of nitrogens with zero attached hydrogens (tertiary/aromatic N) is 1. The summed E-state index contributed by atoms with van der Waals surface area (Å²) in [6.07, 6.45) is 0.512. The molecule has 1 unspecified atom stereocenters. The molecule has 0 fully saturated rings. The summed E-state index contributed by atoms with van der Waals surface area (Å²) in [4.78, 5) is 16.3. The highest BCUT2D eigenvalue weighted by Gasteiger charge is 2.18. The minimum absolute atomic E-state index is 0.329. The summed E-state index contributed by atoms with van der Waals surface area (Å²) in [5.74, 6) is -1.57. The fourth-order valence-electron chi connectivity index (χ4n) is 1.09. The van der Waals surface area contributed by atoms with Gasteiger partial charge in [0, 0.05) is 25.8 Å². The van der Waals surface area contributed by atoms with E-state index >= 15 is 0 Å². The van der Waals surface area contributed by atoms with Gasteiger partial charge in [-0.3, -0.25) is 0 Å². The average molecular weight is 229 g/mol. The molecular formula is C10H15NO5. The highest BCUT2D eigenvalue weighted by atomic mass is 16.7. The van der Waals surface area contributed by atoms with Gasteiger partial charge in [-0.25, -0.2) is 4.79 Å². The molecule has 0 saturated heterocycles. The second kappa shape index (κ2) is 5.41. The lowest BCUT2D eigenvalue weighted by Gasteiger charge is -2.11. The van der Waals surface area contributed by atoms with Gasteiger partial charge in [0.25, 0.3) is 0 Å². The molecular weight excluding hydrogens is 214 g/mol. The lowest BCUT2D eigenvalue weighted by molar-refractivity contribution is -0.150. The third-order valence-electron chi connectivity index (χ3n) is 2.14. The first kappa shape index (κ1) is 12.4. The van der Waals surface area contributed by atoms with Crippen LogP contribution < -0.4 is 4.84 Å². The number of hydrogen-bond donors (Lipinski definition) is 2. The normalized spacial score (nSPS) is 12.4. The Kier molecular flexibility index (Phi) is 4.19. The van der Waals surface area contributed by atoms with Crippen molar-refractivity contribution < 1.29 is 24.6 Å². The maximum atomic E-state index is 11.5. The zero-order valence-electron chi connectivity index (χ0n) is 9.21. The molecule has 0 spiro atoms. The minimum Gasteiger partial charge on any atom is -0.492 e. The molecule has 1 aromatic rings. The van der Waals surface area contributed by atoms with Gasteiger partial charge in [0.05, 0.1) is 5.92 Å². The highest BCUT2D eigenvalue weighted by Crippen LogP contribution is 2.19. The lowest BCUT2D eigenvalue weighted by Crippen LogP contribution is -2.25. The van der Waals surface area contributed by atoms with Crippen LogP contribution in [-0.2, 0) is 9.53 Å². The van der Waals surface area contributed by atoms with Crippen LogP contribution in [0.15, 0.2) is 12.1 Å². The van der Waals surface area contributed by atoms with Crippen LogP contribution in [-0.4, -0.2) is 34.6 Å². The number of carbonyl (C=O) groups excluding carboxylic acids is 1. The van der Waals surface area contributed by atoms with E-state index < -0.39 is 5.97 Å². The van der Waals surface area contributed by atoms with E-state index in [1.54, 1.807) is 14.0 Å². The van der Waals surface area contributed by atoms with Gasteiger partial charge in [0.2, 0.25) is 11.8 Å². The molecule has 6 heteroatoms. The molecule has 16 heavy (non-hydrogen) atoms. The van der Waals surface area contributed by atoms with Crippen molar-refractivity contribution in [2.24, 2.45) is 5.92 Å². The second-order valence-electron chi connectivity index (χ2n) is 3.44. The summed E-state index contributed by atoms with van der Waals surface area (Å²) in [6.45, 7) is 2.12. The summed E-state index contributed by atoms with van der Waals surface area (Å²) in [7, 11) is 1.54. The van der Waals surface area contributed by atoms with Crippen LogP contribution in [0.25, 0.3) is 0 Å². The summed E-state index contributed by atoms with van der Waals surface area (Å²) in [6, 6.07) is 2.45. The van der Waals surface area contributed by atoms with Crippen molar-refractivity contribution in [2.45, 2.75) is 13.3 Å². The number of aromatic hydroxyl groups is 2. The number of hydrogen-bond acceptors (Lipinski definition) is 5. The van der Waals surface area contributed by atoms with Crippen molar-refractivity contribution in [3.63, 3.8) is 0 Å². The topological polar surface area (TPSA) is 80.9 Å². The summed E-state index contributed by atoms with van der Waals surface area (Å²) in [5, 5.41) is 18.5. The minimum atomic E-state index is -0.543. The van der Waals surface area contributed by atoms with Crippen LogP contribution in [0, 0.1) is 5.92 Å². The van der Waals surface area contributed by atoms with Crippen LogP contribution in [0.4, 0.5) is 0 Å². The van der Waals surface area contributed by atoms with Crippen molar-refractivity contribution in [2.75, 3.05) is 13.7 Å². The van der Waals surface area contributed by atoms with Gasteiger partial charge in [0.1, 0.15) is 0 Å². The molecule has 2 N–H and O–H groups in total. The lowest BCUT2D eigenvalue weighted by atomic mass is 10.1. The Morgan fingerprint density at radius 1 is 1.44 bits per heavy atom. The van der Waals surface area contributed by atoms with E-state index in [9.17, 15) is 15.0 Å². The maximum absolute atomic E-state index is 11.5. The van der Waals surface area contributed by atoms with Crippen molar-refractivity contribution in [1.82, 2.24) is 4.73 Å². The summed E-state index contributed by atoms with van der Waals surface area (Å²) >= 11 is 0. The molecule has 0 bridgehead atoms. The first-order valence-corrected chi connectivity index (χ1v) is 4.87. The van der Waals surface area contributed by atoms with E-state index in [1.807, 2.05) is 0 Å². The molecule has 0 radical (unpaired) electrons. The standard InChI is InChI=1S/C10H15NO5/c1-7(5-6-15-2)10(14)16-11-8(12)3-4-9(11)13/h3-4,7,12-13H,5-6H2,1-2H3. The predicted molar refractivity (Wildman–Crippen MR) is 55.0 cm³/mol. The smallest absolute Gasteiger partial charge is 0.336 e. The van der Waals surface area contributed by atoms with E-state index in [0.717, 1.165) is 0 Å². The second-order valence-corrected chi connectivity index (χ2v) is 3.44. The third kappa shape index (κ3) is 2.90. The van der Waals surface area contributed by atoms with Gasteiger partial charge in [0.15, 0.2) is 0 Å². The summed E-state index contributed by atoms with van der Waals surface area (Å²) < 4.78 is 5.50. The van der Waals surface area contributed by atoms with Gasteiger partial charge in [-0.05, 0) is 6.42 Å². The number of aromatic nitrogens is 1. The number of carbonyl (C=O) groups is 1. The van der Waals surface area contributed by atoms with Crippen LogP contribution in [0.1, 0.15) is 13.3 Å². The van der Waals surface area contributed by atoms with Crippen molar-refractivity contribution >= 4 is 5.97 Å². The van der Waals surface area contributed by atoms with Gasteiger partial charge in [-0.1, -0.05) is 6.92 Å². The molecule has 0 saturated carbocycles. The molecule has 0 amide bonds. The maximum Gasteiger partial charge on any atom is 0.336 e. The van der Waals surface area contributed by atoms with Gasteiger partial charge >= 0.3 is 5.97 Å². The first-order chi connectivity index (χ1) is 7.56. The molecule has 0 aromatic carbocycles. The van der Waals surface area contributed by atoms with E-state index in [-0.39, 0.29) is 17.7 Å². The zero-order chi connectivity index (χ0) is 12.1. The number of methoxy groups -OCH3 is 1. The van der Waals surface area contributed by atoms with Crippen LogP contribution in [0.3, 0.4) is 0 Å². The Labute approximate surface area is 93.0 Å². The average Bonchev–Trinajstić information content (AvgIpc) is 2.57. The van der Waals surface area contributed by atoms with Gasteiger partial charge < -0.3 is 19.8 Å². The van der Waals surface area contributed by atoms with Crippen molar-refractivity contribution in [3.8, 4) is 11.8 Å². The van der Waals surface area contributed by atoms with E-state index in [0.29, 0.717) is 17.8 Å². The van der Waals surface area contributed by atoms with Crippen molar-refractivity contribution in [3.05, 3.63) is 12.1 Å². The molecule has 90 valence electrons. The Morgan fingerprint density at radius 2 is 2.00 bits per heavy atom. The zero-order valence-corrected chi connectivity index (χ0v) is 9.21. The van der Waals surface area contributed by atoms with Crippen LogP contribution >= 0.6 is 0 Å². The van der Waals surface area contributed by atoms with Gasteiger partial charge in [-0.2, -0.15) is 0 Å². The molecule has 1 rings (SSSR count). The van der Waals surface area contributed by atoms with E-state index in [2.05, 4.69) is 0 Å². The van der Waals surface area contributed by atoms with Crippen molar-refractivity contribution in [1.29, 1.82) is 0 Å². The largest absolute Gasteiger partial charge is 0.492 e. The Hall–Kier alpha value is -1.69. The molecule has 6 nitrogen and oxygen atoms in total. The molecule has 0 aliphatic carbocycles. The first-order valence-electron chi connectivity index (χ1n) is 4.87. The Morgan fingerprint density at radius 3 is 2.50 bits per heavy atom.